The van der Waals surface area contributed by atoms with Crippen LogP contribution in [0.1, 0.15) is 47.7 Å². The Bertz CT molecular complexity index is 704. The van der Waals surface area contributed by atoms with Crippen LogP contribution in [0.3, 0.4) is 0 Å². The molecule has 1 aromatic carbocycles. The summed E-state index contributed by atoms with van der Waals surface area (Å²) in [4.78, 5) is 37.9. The Hall–Kier alpha value is -2.25. The zero-order chi connectivity index (χ0) is 18.0. The second-order valence-electron chi connectivity index (χ2n) is 6.65. The van der Waals surface area contributed by atoms with Gasteiger partial charge in [0.05, 0.1) is 0 Å². The lowest BCUT2D eigenvalue weighted by Gasteiger charge is -2.29. The molecule has 2 atom stereocenters. The molecule has 2 heterocycles. The largest absolute Gasteiger partial charge is 0.327 e. The van der Waals surface area contributed by atoms with Crippen molar-refractivity contribution in [1.82, 2.24) is 15.5 Å². The lowest BCUT2D eigenvalue weighted by molar-refractivity contribution is -0.136. The number of nitrogens with zero attached hydrogens (tertiary/aromatic N) is 1. The molecule has 1 fully saturated rings. The third-order valence-electron chi connectivity index (χ3n) is 4.89. The Morgan fingerprint density at radius 1 is 1.36 bits per heavy atom. The fraction of sp³-hybridized carbons (Fsp3) is 0.500. The van der Waals surface area contributed by atoms with Crippen molar-refractivity contribution in [2.24, 2.45) is 5.73 Å². The van der Waals surface area contributed by atoms with Crippen LogP contribution < -0.4 is 16.4 Å². The molecular weight excluding hydrogens is 320 g/mol. The van der Waals surface area contributed by atoms with E-state index in [0.29, 0.717) is 31.6 Å². The summed E-state index contributed by atoms with van der Waals surface area (Å²) in [6.45, 7) is 3.69. The van der Waals surface area contributed by atoms with Crippen molar-refractivity contribution in [2.45, 2.75) is 51.4 Å². The zero-order valence-corrected chi connectivity index (χ0v) is 14.4. The predicted molar refractivity (Wildman–Crippen MR) is 92.5 cm³/mol. The highest BCUT2D eigenvalue weighted by molar-refractivity contribution is 6.05. The van der Waals surface area contributed by atoms with Gasteiger partial charge in [0.25, 0.3) is 5.91 Å². The molecule has 1 saturated heterocycles. The molecule has 0 saturated carbocycles. The molecule has 134 valence electrons. The average molecular weight is 344 g/mol. The molecule has 0 radical (unpaired) electrons. The molecule has 25 heavy (non-hydrogen) atoms. The predicted octanol–water partition coefficient (Wildman–Crippen LogP) is 0.275. The molecule has 3 amide bonds. The molecule has 3 rings (SSSR count). The van der Waals surface area contributed by atoms with Gasteiger partial charge in [-0.1, -0.05) is 25.1 Å². The lowest BCUT2D eigenvalue weighted by Crippen LogP contribution is -2.52. The van der Waals surface area contributed by atoms with Gasteiger partial charge in [-0.3, -0.25) is 19.7 Å². The first-order valence-electron chi connectivity index (χ1n) is 8.73. The van der Waals surface area contributed by atoms with Crippen molar-refractivity contribution in [3.63, 3.8) is 0 Å². The van der Waals surface area contributed by atoms with E-state index in [4.69, 9.17) is 5.73 Å². The molecule has 0 aromatic heterocycles. The number of hydrogen-bond acceptors (Lipinski definition) is 5. The van der Waals surface area contributed by atoms with Gasteiger partial charge >= 0.3 is 0 Å². The normalized spacial score (nSPS) is 21.3. The first kappa shape index (κ1) is 17.6. The van der Waals surface area contributed by atoms with Crippen LogP contribution in [0.4, 0.5) is 0 Å². The van der Waals surface area contributed by atoms with E-state index in [-0.39, 0.29) is 30.2 Å². The summed E-state index contributed by atoms with van der Waals surface area (Å²) in [7, 11) is 0. The maximum absolute atomic E-state index is 12.9. The van der Waals surface area contributed by atoms with Crippen molar-refractivity contribution in [3.05, 3.63) is 34.9 Å². The Morgan fingerprint density at radius 2 is 2.16 bits per heavy atom. The quantitative estimate of drug-likeness (QED) is 0.643. The number of hydrogen-bond donors (Lipinski definition) is 3. The minimum absolute atomic E-state index is 0.0902. The van der Waals surface area contributed by atoms with Crippen LogP contribution >= 0.6 is 0 Å². The first-order chi connectivity index (χ1) is 12.0. The number of carbonyl (C=O) groups excluding carboxylic acids is 3. The number of fused-ring (bicyclic) bond motifs is 1. The summed E-state index contributed by atoms with van der Waals surface area (Å²) >= 11 is 0. The molecule has 0 aliphatic carbocycles. The van der Waals surface area contributed by atoms with Crippen molar-refractivity contribution in [2.75, 3.05) is 6.54 Å². The van der Waals surface area contributed by atoms with Crippen LogP contribution in [0, 0.1) is 0 Å². The van der Waals surface area contributed by atoms with Crippen molar-refractivity contribution < 1.29 is 14.4 Å². The highest BCUT2D eigenvalue weighted by atomic mass is 16.2. The smallest absolute Gasteiger partial charge is 0.255 e. The topological polar surface area (TPSA) is 105 Å². The fourth-order valence-electron chi connectivity index (χ4n) is 3.37. The van der Waals surface area contributed by atoms with E-state index in [1.165, 1.54) is 0 Å². The highest BCUT2D eigenvalue weighted by Crippen LogP contribution is 2.29. The van der Waals surface area contributed by atoms with E-state index in [9.17, 15) is 14.4 Å². The Morgan fingerprint density at radius 3 is 2.88 bits per heavy atom. The Kier molecular flexibility index (Phi) is 5.15. The van der Waals surface area contributed by atoms with Crippen LogP contribution in [0.5, 0.6) is 0 Å². The minimum Gasteiger partial charge on any atom is -0.327 e. The third kappa shape index (κ3) is 3.57. The summed E-state index contributed by atoms with van der Waals surface area (Å²) in [6, 6.07) is 5.28. The van der Waals surface area contributed by atoms with Gasteiger partial charge in [-0.15, -0.1) is 0 Å². The monoisotopic (exact) mass is 344 g/mol. The molecule has 7 heteroatoms. The molecule has 0 spiro atoms. The van der Waals surface area contributed by atoms with Crippen molar-refractivity contribution in [1.29, 1.82) is 0 Å². The van der Waals surface area contributed by atoms with Crippen LogP contribution in [-0.4, -0.2) is 41.2 Å². The Balaban J connectivity index is 1.74. The van der Waals surface area contributed by atoms with Gasteiger partial charge in [0.2, 0.25) is 11.8 Å². The Labute approximate surface area is 146 Å². The minimum atomic E-state index is -0.577. The van der Waals surface area contributed by atoms with Gasteiger partial charge in [0, 0.05) is 37.7 Å². The van der Waals surface area contributed by atoms with Crippen LogP contribution in [0.15, 0.2) is 18.2 Å². The number of rotatable bonds is 6. The van der Waals surface area contributed by atoms with Gasteiger partial charge in [0.15, 0.2) is 0 Å². The van der Waals surface area contributed by atoms with Gasteiger partial charge in [-0.25, -0.2) is 0 Å². The van der Waals surface area contributed by atoms with Gasteiger partial charge in [-0.2, -0.15) is 0 Å². The average Bonchev–Trinajstić information content (AvgIpc) is 2.92. The van der Waals surface area contributed by atoms with E-state index in [1.54, 1.807) is 4.90 Å². The number of benzene rings is 1. The molecular formula is C18H24N4O3. The molecule has 0 bridgehead atoms. The second-order valence-corrected chi connectivity index (χ2v) is 6.65. The van der Waals surface area contributed by atoms with Gasteiger partial charge in [-0.05, 0) is 24.0 Å². The van der Waals surface area contributed by atoms with E-state index >= 15 is 0 Å². The van der Waals surface area contributed by atoms with Gasteiger partial charge in [0.1, 0.15) is 6.04 Å². The molecule has 7 nitrogen and oxygen atoms in total. The van der Waals surface area contributed by atoms with Gasteiger partial charge < -0.3 is 16.0 Å². The summed E-state index contributed by atoms with van der Waals surface area (Å²) < 4.78 is 0. The number of imide groups is 1. The second kappa shape index (κ2) is 7.33. The molecule has 1 aromatic rings. The fourth-order valence-corrected chi connectivity index (χ4v) is 3.37. The van der Waals surface area contributed by atoms with Crippen LogP contribution in [-0.2, 0) is 22.7 Å². The number of nitrogens with two attached hydrogens (primary N) is 1. The van der Waals surface area contributed by atoms with E-state index < -0.39 is 6.04 Å². The zero-order valence-electron chi connectivity index (χ0n) is 14.4. The standard InChI is InChI=1S/C18H24N4O3/c1-2-13(19)9-20-8-11-4-3-5-12-10-22(18(25)16(11)12)14-6-7-15(23)21-17(14)24/h3-5,13-14,20H,2,6-10,19H2,1H3,(H,21,23,24)/t13-,14?/m0/s1. The maximum atomic E-state index is 12.9. The molecule has 1 unspecified atom stereocenters. The van der Waals surface area contributed by atoms with Crippen molar-refractivity contribution in [3.8, 4) is 0 Å². The van der Waals surface area contributed by atoms with E-state index in [0.717, 1.165) is 17.5 Å². The molecule has 4 N–H and O–H groups in total. The summed E-state index contributed by atoms with van der Waals surface area (Å²) in [5.74, 6) is -0.796. The van der Waals surface area contributed by atoms with E-state index in [2.05, 4.69) is 10.6 Å². The summed E-state index contributed by atoms with van der Waals surface area (Å²) in [5, 5.41) is 5.62. The molecule has 2 aliphatic rings. The van der Waals surface area contributed by atoms with E-state index in [1.807, 2.05) is 25.1 Å². The maximum Gasteiger partial charge on any atom is 0.255 e. The lowest BCUT2D eigenvalue weighted by atomic mass is 10.0. The number of carbonyl (C=O) groups is 3. The summed E-state index contributed by atoms with van der Waals surface area (Å²) in [6.07, 6.45) is 1.53. The van der Waals surface area contributed by atoms with Crippen LogP contribution in [0.25, 0.3) is 0 Å². The number of piperidine rings is 1. The third-order valence-corrected chi connectivity index (χ3v) is 4.89. The van der Waals surface area contributed by atoms with Crippen molar-refractivity contribution >= 4 is 17.7 Å². The van der Waals surface area contributed by atoms with Crippen LogP contribution in [0.2, 0.25) is 0 Å². The molecule has 2 aliphatic heterocycles. The number of nitrogens with one attached hydrogen (secondary N) is 2. The summed E-state index contributed by atoms with van der Waals surface area (Å²) in [5.41, 5.74) is 8.43. The number of amides is 3. The SMILES string of the molecule is CC[C@H](N)CNCc1cccc2c1C(=O)N(C1CCC(=O)NC1=O)C2. The first-order valence-corrected chi connectivity index (χ1v) is 8.73. The highest BCUT2D eigenvalue weighted by Gasteiger charge is 2.39.